The Labute approximate surface area is 128 Å². The zero-order valence-electron chi connectivity index (χ0n) is 13.4. The number of hydrogen-bond acceptors (Lipinski definition) is 2. The maximum Gasteiger partial charge on any atom is 0.267 e. The van der Waals surface area contributed by atoms with Crippen molar-refractivity contribution in [3.05, 3.63) is 24.0 Å². The highest BCUT2D eigenvalue weighted by molar-refractivity contribution is 5.92. The third-order valence-corrected chi connectivity index (χ3v) is 4.21. The third-order valence-electron chi connectivity index (χ3n) is 4.21. The van der Waals surface area contributed by atoms with Crippen molar-refractivity contribution in [1.82, 2.24) is 15.2 Å². The molecular weight excluding hydrogens is 262 g/mol. The molecule has 1 fully saturated rings. The molecule has 2 heterocycles. The van der Waals surface area contributed by atoms with Gasteiger partial charge in [0.05, 0.1) is 0 Å². The van der Waals surface area contributed by atoms with Crippen molar-refractivity contribution in [1.29, 1.82) is 0 Å². The van der Waals surface area contributed by atoms with Gasteiger partial charge in [-0.15, -0.1) is 0 Å². The molecule has 1 amide bonds. The van der Waals surface area contributed by atoms with E-state index in [4.69, 9.17) is 0 Å². The molecule has 4 heteroatoms. The largest absolute Gasteiger partial charge is 0.351 e. The fourth-order valence-corrected chi connectivity index (χ4v) is 2.96. The average molecular weight is 291 g/mol. The highest BCUT2D eigenvalue weighted by Gasteiger charge is 2.19. The van der Waals surface area contributed by atoms with Gasteiger partial charge in [0.1, 0.15) is 5.69 Å². The lowest BCUT2D eigenvalue weighted by Crippen LogP contribution is -2.32. The van der Waals surface area contributed by atoms with Crippen LogP contribution in [0, 0.1) is 5.92 Å². The molecule has 0 radical (unpaired) electrons. The second-order valence-electron chi connectivity index (χ2n) is 6.43. The lowest BCUT2D eigenvalue weighted by Gasteiger charge is -2.25. The lowest BCUT2D eigenvalue weighted by atomic mass is 10.1. The highest BCUT2D eigenvalue weighted by Crippen LogP contribution is 2.21. The van der Waals surface area contributed by atoms with E-state index in [0.29, 0.717) is 6.04 Å². The molecule has 0 unspecified atom stereocenters. The van der Waals surface area contributed by atoms with E-state index in [1.54, 1.807) is 0 Å². The van der Waals surface area contributed by atoms with Gasteiger partial charge in [-0.2, -0.15) is 0 Å². The Bertz CT molecular complexity index is 433. The molecule has 21 heavy (non-hydrogen) atoms. The summed E-state index contributed by atoms with van der Waals surface area (Å²) >= 11 is 0. The number of unbranched alkanes of at least 4 members (excludes halogenated alkanes) is 1. The monoisotopic (exact) mass is 291 g/mol. The Morgan fingerprint density at radius 1 is 1.38 bits per heavy atom. The standard InChI is InChI=1S/C17H29N3O/c1-14(2)6-3-4-10-19-17(21)16-7-5-13-20(16)15-8-11-18-12-9-15/h5,7,13-15,18H,3-4,6,8-12H2,1-2H3,(H,19,21). The summed E-state index contributed by atoms with van der Waals surface area (Å²) in [4.78, 5) is 12.3. The van der Waals surface area contributed by atoms with Gasteiger partial charge in [-0.25, -0.2) is 0 Å². The number of carbonyl (C=O) groups excluding carboxylic acids is 1. The summed E-state index contributed by atoms with van der Waals surface area (Å²) < 4.78 is 2.16. The van der Waals surface area contributed by atoms with Crippen LogP contribution in [0.1, 0.15) is 62.5 Å². The summed E-state index contributed by atoms with van der Waals surface area (Å²) in [5.74, 6) is 0.820. The first-order chi connectivity index (χ1) is 10.2. The fraction of sp³-hybridized carbons (Fsp3) is 0.706. The number of carbonyl (C=O) groups is 1. The highest BCUT2D eigenvalue weighted by atomic mass is 16.1. The molecule has 0 spiro atoms. The van der Waals surface area contributed by atoms with Crippen LogP contribution < -0.4 is 10.6 Å². The summed E-state index contributed by atoms with van der Waals surface area (Å²) in [7, 11) is 0. The van der Waals surface area contributed by atoms with Crippen LogP contribution in [-0.4, -0.2) is 30.1 Å². The van der Waals surface area contributed by atoms with E-state index in [0.717, 1.165) is 50.5 Å². The summed E-state index contributed by atoms with van der Waals surface area (Å²) in [6, 6.07) is 4.38. The molecule has 2 N–H and O–H groups in total. The first-order valence-corrected chi connectivity index (χ1v) is 8.34. The van der Waals surface area contributed by atoms with Crippen molar-refractivity contribution in [3.8, 4) is 0 Å². The lowest BCUT2D eigenvalue weighted by molar-refractivity contribution is 0.0940. The van der Waals surface area contributed by atoms with Gasteiger partial charge in [0.2, 0.25) is 0 Å². The Morgan fingerprint density at radius 2 is 2.14 bits per heavy atom. The van der Waals surface area contributed by atoms with Crippen LogP contribution in [0.25, 0.3) is 0 Å². The molecule has 0 atom stereocenters. The van der Waals surface area contributed by atoms with Gasteiger partial charge in [-0.05, 0) is 50.4 Å². The molecule has 1 aliphatic heterocycles. The van der Waals surface area contributed by atoms with Crippen LogP contribution in [0.5, 0.6) is 0 Å². The van der Waals surface area contributed by atoms with Crippen LogP contribution in [-0.2, 0) is 0 Å². The van der Waals surface area contributed by atoms with Gasteiger partial charge >= 0.3 is 0 Å². The maximum absolute atomic E-state index is 12.3. The second-order valence-corrected chi connectivity index (χ2v) is 6.43. The van der Waals surface area contributed by atoms with E-state index in [-0.39, 0.29) is 5.91 Å². The van der Waals surface area contributed by atoms with E-state index < -0.39 is 0 Å². The van der Waals surface area contributed by atoms with Gasteiger partial charge in [-0.1, -0.05) is 26.7 Å². The second kappa shape index (κ2) is 8.23. The smallest absolute Gasteiger partial charge is 0.267 e. The van der Waals surface area contributed by atoms with E-state index in [1.807, 2.05) is 18.3 Å². The predicted octanol–water partition coefficient (Wildman–Crippen LogP) is 2.97. The molecule has 1 aliphatic rings. The summed E-state index contributed by atoms with van der Waals surface area (Å²) in [6.45, 7) is 7.34. The third kappa shape index (κ3) is 4.88. The number of amides is 1. The first-order valence-electron chi connectivity index (χ1n) is 8.34. The topological polar surface area (TPSA) is 46.1 Å². The zero-order chi connectivity index (χ0) is 15.1. The molecule has 1 aromatic rings. The van der Waals surface area contributed by atoms with E-state index in [9.17, 15) is 4.79 Å². The molecule has 0 saturated carbocycles. The average Bonchev–Trinajstić information content (AvgIpc) is 2.97. The van der Waals surface area contributed by atoms with Crippen LogP contribution in [0.15, 0.2) is 18.3 Å². The number of piperidine rings is 1. The first kappa shape index (κ1) is 16.1. The van der Waals surface area contributed by atoms with Crippen molar-refractivity contribution in [3.63, 3.8) is 0 Å². The molecule has 118 valence electrons. The van der Waals surface area contributed by atoms with E-state index >= 15 is 0 Å². The molecule has 4 nitrogen and oxygen atoms in total. The minimum atomic E-state index is 0.0723. The van der Waals surface area contributed by atoms with Crippen molar-refractivity contribution < 1.29 is 4.79 Å². The zero-order valence-corrected chi connectivity index (χ0v) is 13.4. The summed E-state index contributed by atoms with van der Waals surface area (Å²) in [5.41, 5.74) is 0.811. The normalized spacial score (nSPS) is 16.3. The maximum atomic E-state index is 12.3. The van der Waals surface area contributed by atoms with Gasteiger partial charge in [0, 0.05) is 18.8 Å². The minimum Gasteiger partial charge on any atom is -0.351 e. The molecule has 0 bridgehead atoms. The predicted molar refractivity (Wildman–Crippen MR) is 86.6 cm³/mol. The van der Waals surface area contributed by atoms with Crippen LogP contribution in [0.3, 0.4) is 0 Å². The van der Waals surface area contributed by atoms with Crippen LogP contribution in [0.4, 0.5) is 0 Å². The Morgan fingerprint density at radius 3 is 2.86 bits per heavy atom. The number of aromatic nitrogens is 1. The Kier molecular flexibility index (Phi) is 6.30. The number of nitrogens with zero attached hydrogens (tertiary/aromatic N) is 1. The molecule has 1 aromatic heterocycles. The molecule has 1 saturated heterocycles. The van der Waals surface area contributed by atoms with Crippen molar-refractivity contribution >= 4 is 5.91 Å². The Balaban J connectivity index is 1.81. The van der Waals surface area contributed by atoms with Crippen molar-refractivity contribution in [2.45, 2.75) is 52.0 Å². The number of nitrogens with one attached hydrogen (secondary N) is 2. The van der Waals surface area contributed by atoms with Crippen LogP contribution >= 0.6 is 0 Å². The van der Waals surface area contributed by atoms with E-state index in [2.05, 4.69) is 29.0 Å². The molecular formula is C17H29N3O. The van der Waals surface area contributed by atoms with Gasteiger partial charge in [0.15, 0.2) is 0 Å². The van der Waals surface area contributed by atoms with Crippen molar-refractivity contribution in [2.75, 3.05) is 19.6 Å². The summed E-state index contributed by atoms with van der Waals surface area (Å²) in [6.07, 6.45) is 7.74. The fourth-order valence-electron chi connectivity index (χ4n) is 2.96. The molecule has 2 rings (SSSR count). The van der Waals surface area contributed by atoms with Crippen LogP contribution in [0.2, 0.25) is 0 Å². The molecule has 0 aromatic carbocycles. The number of hydrogen-bond donors (Lipinski definition) is 2. The SMILES string of the molecule is CC(C)CCCCNC(=O)c1cccn1C1CCNCC1. The minimum absolute atomic E-state index is 0.0723. The van der Waals surface area contributed by atoms with Gasteiger partial charge < -0.3 is 15.2 Å². The summed E-state index contributed by atoms with van der Waals surface area (Å²) in [5, 5.41) is 6.43. The molecule has 0 aliphatic carbocycles. The number of rotatable bonds is 7. The van der Waals surface area contributed by atoms with Gasteiger partial charge in [-0.3, -0.25) is 4.79 Å². The van der Waals surface area contributed by atoms with E-state index in [1.165, 1.54) is 12.8 Å². The van der Waals surface area contributed by atoms with Gasteiger partial charge in [0.25, 0.3) is 5.91 Å². The Hall–Kier alpha value is -1.29. The quantitative estimate of drug-likeness (QED) is 0.759. The van der Waals surface area contributed by atoms with Crippen molar-refractivity contribution in [2.24, 2.45) is 5.92 Å².